The van der Waals surface area contributed by atoms with Crippen molar-refractivity contribution in [2.24, 2.45) is 5.73 Å². The number of unbranched alkanes of at least 4 members (excludes halogenated alkanes) is 1. The summed E-state index contributed by atoms with van der Waals surface area (Å²) < 4.78 is 77.9. The molecule has 0 bridgehead atoms. The molecular weight excluding hydrogens is 360 g/mol. The highest BCUT2D eigenvalue weighted by Gasteiger charge is 2.33. The van der Waals surface area contributed by atoms with Gasteiger partial charge >= 0.3 is 6.18 Å². The predicted octanol–water partition coefficient (Wildman–Crippen LogP) is 3.06. The van der Waals surface area contributed by atoms with Crippen LogP contribution in [0.3, 0.4) is 0 Å². The third-order valence-electron chi connectivity index (χ3n) is 3.06. The quantitative estimate of drug-likeness (QED) is 0.716. The number of nitrogens with one attached hydrogen (secondary N) is 1. The average molecular weight is 379 g/mol. The summed E-state index contributed by atoms with van der Waals surface area (Å²) in [5.74, 6) is -1.24. The van der Waals surface area contributed by atoms with Crippen molar-refractivity contribution in [3.8, 4) is 0 Å². The number of halogens is 5. The molecule has 0 aromatic heterocycles. The summed E-state index contributed by atoms with van der Waals surface area (Å²) in [6, 6.07) is 0.608. The minimum absolute atomic E-state index is 0. The predicted molar refractivity (Wildman–Crippen MR) is 81.3 cm³/mol. The maximum absolute atomic E-state index is 13.6. The summed E-state index contributed by atoms with van der Waals surface area (Å²) >= 11 is 0. The first kappa shape index (κ1) is 22.1. The van der Waals surface area contributed by atoms with E-state index in [1.54, 1.807) is 0 Å². The minimum Gasteiger partial charge on any atom is -0.329 e. The third kappa shape index (κ3) is 6.25. The van der Waals surface area contributed by atoms with Crippen molar-refractivity contribution in [2.75, 3.05) is 6.54 Å². The van der Waals surface area contributed by atoms with Crippen LogP contribution in [0.25, 0.3) is 0 Å². The molecule has 10 heteroatoms. The molecule has 23 heavy (non-hydrogen) atoms. The van der Waals surface area contributed by atoms with Gasteiger partial charge in [0.1, 0.15) is 10.7 Å². The second-order valence-corrected chi connectivity index (χ2v) is 6.52. The van der Waals surface area contributed by atoms with Crippen LogP contribution in [0, 0.1) is 5.82 Å². The average Bonchev–Trinajstić information content (AvgIpc) is 2.42. The summed E-state index contributed by atoms with van der Waals surface area (Å²) in [7, 11) is -4.42. The molecule has 1 atom stereocenters. The molecule has 3 N–H and O–H groups in total. The fourth-order valence-electron chi connectivity index (χ4n) is 1.84. The summed E-state index contributed by atoms with van der Waals surface area (Å²) in [6.07, 6.45) is -2.84. The molecule has 0 aliphatic rings. The molecule has 1 aromatic carbocycles. The van der Waals surface area contributed by atoms with Gasteiger partial charge in [0.2, 0.25) is 10.0 Å². The molecule has 0 saturated heterocycles. The van der Waals surface area contributed by atoms with Crippen LogP contribution >= 0.6 is 12.4 Å². The van der Waals surface area contributed by atoms with Gasteiger partial charge in [-0.1, -0.05) is 19.8 Å². The highest BCUT2D eigenvalue weighted by molar-refractivity contribution is 7.89. The Morgan fingerprint density at radius 1 is 1.30 bits per heavy atom. The fourth-order valence-corrected chi connectivity index (χ4v) is 3.23. The lowest BCUT2D eigenvalue weighted by molar-refractivity contribution is -0.137. The minimum atomic E-state index is -4.76. The summed E-state index contributed by atoms with van der Waals surface area (Å²) in [4.78, 5) is -1.03. The van der Waals surface area contributed by atoms with Crippen LogP contribution in [0.5, 0.6) is 0 Å². The van der Waals surface area contributed by atoms with Crippen LogP contribution in [0.2, 0.25) is 0 Å². The normalized spacial score (nSPS) is 13.5. The molecule has 134 valence electrons. The first-order valence-corrected chi connectivity index (χ1v) is 8.19. The Kier molecular flexibility index (Phi) is 8.47. The van der Waals surface area contributed by atoms with E-state index in [2.05, 4.69) is 4.72 Å². The molecule has 0 aliphatic carbocycles. The van der Waals surface area contributed by atoms with E-state index in [1.807, 2.05) is 6.92 Å². The van der Waals surface area contributed by atoms with Crippen molar-refractivity contribution >= 4 is 22.4 Å². The topological polar surface area (TPSA) is 72.2 Å². The fraction of sp³-hybridized carbons (Fsp3) is 0.538. The van der Waals surface area contributed by atoms with Gasteiger partial charge in [0.05, 0.1) is 5.56 Å². The Labute approximate surface area is 138 Å². The molecule has 0 saturated carbocycles. The zero-order valence-electron chi connectivity index (χ0n) is 12.4. The molecule has 4 nitrogen and oxygen atoms in total. The van der Waals surface area contributed by atoms with Crippen LogP contribution in [-0.2, 0) is 16.2 Å². The maximum Gasteiger partial charge on any atom is 0.416 e. The van der Waals surface area contributed by atoms with E-state index >= 15 is 0 Å². The summed E-state index contributed by atoms with van der Waals surface area (Å²) in [5, 5.41) is 0. The molecule has 0 amide bonds. The first-order chi connectivity index (χ1) is 10.1. The Bertz CT molecular complexity index is 608. The monoisotopic (exact) mass is 378 g/mol. The van der Waals surface area contributed by atoms with Crippen LogP contribution in [-0.4, -0.2) is 21.0 Å². The van der Waals surface area contributed by atoms with E-state index in [0.29, 0.717) is 25.0 Å². The van der Waals surface area contributed by atoms with E-state index < -0.39 is 38.5 Å². The maximum atomic E-state index is 13.6. The third-order valence-corrected chi connectivity index (χ3v) is 4.60. The van der Waals surface area contributed by atoms with Crippen molar-refractivity contribution in [1.82, 2.24) is 4.72 Å². The largest absolute Gasteiger partial charge is 0.416 e. The molecule has 1 rings (SSSR count). The van der Waals surface area contributed by atoms with Crippen LogP contribution in [0.1, 0.15) is 31.7 Å². The Morgan fingerprint density at radius 2 is 1.91 bits per heavy atom. The highest BCUT2D eigenvalue weighted by Crippen LogP contribution is 2.31. The lowest BCUT2D eigenvalue weighted by Gasteiger charge is -2.17. The molecule has 0 spiro atoms. The van der Waals surface area contributed by atoms with E-state index in [-0.39, 0.29) is 25.0 Å². The molecule has 0 aliphatic heterocycles. The number of benzene rings is 1. The van der Waals surface area contributed by atoms with Crippen molar-refractivity contribution in [3.05, 3.63) is 29.6 Å². The van der Waals surface area contributed by atoms with Gasteiger partial charge in [-0.2, -0.15) is 13.2 Å². The van der Waals surface area contributed by atoms with E-state index in [1.165, 1.54) is 0 Å². The van der Waals surface area contributed by atoms with Crippen LogP contribution < -0.4 is 10.5 Å². The number of alkyl halides is 3. The van der Waals surface area contributed by atoms with Gasteiger partial charge in [-0.3, -0.25) is 0 Å². The molecule has 1 aromatic rings. The first-order valence-electron chi connectivity index (χ1n) is 6.71. The Morgan fingerprint density at radius 3 is 2.39 bits per heavy atom. The van der Waals surface area contributed by atoms with Gasteiger partial charge in [-0.25, -0.2) is 17.5 Å². The van der Waals surface area contributed by atoms with Gasteiger partial charge in [0, 0.05) is 12.6 Å². The van der Waals surface area contributed by atoms with E-state index in [9.17, 15) is 26.0 Å². The Balaban J connectivity index is 0.00000484. The highest BCUT2D eigenvalue weighted by atomic mass is 35.5. The van der Waals surface area contributed by atoms with Crippen LogP contribution in [0.4, 0.5) is 17.6 Å². The summed E-state index contributed by atoms with van der Waals surface area (Å²) in [5.41, 5.74) is 4.21. The number of nitrogens with two attached hydrogens (primary N) is 1. The molecular formula is C13H19ClF4N2O2S. The zero-order chi connectivity index (χ0) is 17.0. The van der Waals surface area contributed by atoms with Gasteiger partial charge in [-0.05, 0) is 24.6 Å². The van der Waals surface area contributed by atoms with Crippen molar-refractivity contribution < 1.29 is 26.0 Å². The summed E-state index contributed by atoms with van der Waals surface area (Å²) in [6.45, 7) is 1.87. The standard InChI is InChI=1S/C13H18F4N2O2S.ClH/c1-2-3-4-10(8-18)19-22(20,21)12-7-9(13(15,16)17)5-6-11(12)14;/h5-7,10,19H,2-4,8,18H2,1H3;1H. The molecule has 0 fully saturated rings. The van der Waals surface area contributed by atoms with Gasteiger partial charge in [-0.15, -0.1) is 12.4 Å². The number of hydrogen-bond acceptors (Lipinski definition) is 3. The van der Waals surface area contributed by atoms with Crippen LogP contribution in [0.15, 0.2) is 23.1 Å². The van der Waals surface area contributed by atoms with Gasteiger partial charge < -0.3 is 5.73 Å². The molecule has 0 heterocycles. The Hall–Kier alpha value is -0.900. The van der Waals surface area contributed by atoms with E-state index in [4.69, 9.17) is 5.73 Å². The lowest BCUT2D eigenvalue weighted by Crippen LogP contribution is -2.40. The molecule has 1 unspecified atom stereocenters. The van der Waals surface area contributed by atoms with Crippen molar-refractivity contribution in [1.29, 1.82) is 0 Å². The second-order valence-electron chi connectivity index (χ2n) is 4.84. The SMILES string of the molecule is CCCCC(CN)NS(=O)(=O)c1cc(C(F)(F)F)ccc1F.Cl. The second kappa shape index (κ2) is 8.81. The van der Waals surface area contributed by atoms with Gasteiger partial charge in [0.25, 0.3) is 0 Å². The smallest absolute Gasteiger partial charge is 0.329 e. The van der Waals surface area contributed by atoms with Crippen molar-refractivity contribution in [2.45, 2.75) is 43.3 Å². The molecule has 0 radical (unpaired) electrons. The number of sulfonamides is 1. The van der Waals surface area contributed by atoms with Crippen molar-refractivity contribution in [3.63, 3.8) is 0 Å². The number of hydrogen-bond donors (Lipinski definition) is 2. The zero-order valence-corrected chi connectivity index (χ0v) is 14.0. The lowest BCUT2D eigenvalue weighted by atomic mass is 10.1. The van der Waals surface area contributed by atoms with Gasteiger partial charge in [0.15, 0.2) is 0 Å². The number of rotatable bonds is 7. The van der Waals surface area contributed by atoms with E-state index in [0.717, 1.165) is 6.42 Å².